The lowest BCUT2D eigenvalue weighted by molar-refractivity contribution is -0.143. The Hall–Kier alpha value is -3.42. The first-order valence-corrected chi connectivity index (χ1v) is 10.4. The predicted molar refractivity (Wildman–Crippen MR) is 119 cm³/mol. The van der Waals surface area contributed by atoms with Gasteiger partial charge in [-0.15, -0.1) is 0 Å². The van der Waals surface area contributed by atoms with E-state index >= 15 is 0 Å². The quantitative estimate of drug-likeness (QED) is 0.0701. The van der Waals surface area contributed by atoms with Crippen molar-refractivity contribution < 1.29 is 34.2 Å². The zero-order valence-corrected chi connectivity index (χ0v) is 19.0. The van der Waals surface area contributed by atoms with E-state index in [0.29, 0.717) is 0 Å². The van der Waals surface area contributed by atoms with Crippen molar-refractivity contribution in [2.75, 3.05) is 6.54 Å². The molecule has 0 spiro atoms. The highest BCUT2D eigenvalue weighted by atomic mass is 16.4. The number of carbonyl (C=O) groups is 5. The third-order valence-electron chi connectivity index (χ3n) is 4.33. The fourth-order valence-electron chi connectivity index (χ4n) is 2.70. The maximum Gasteiger partial charge on any atom is 0.326 e. The molecular weight excluding hydrogens is 438 g/mol. The second kappa shape index (κ2) is 14.6. The Bertz CT molecular complexity index is 736. The van der Waals surface area contributed by atoms with Gasteiger partial charge in [0.2, 0.25) is 17.7 Å². The van der Waals surface area contributed by atoms with E-state index in [9.17, 15) is 29.1 Å². The predicted octanol–water partition coefficient (Wildman–Crippen LogP) is -2.55. The molecule has 14 heteroatoms. The zero-order chi connectivity index (χ0) is 25.7. The second-order valence-corrected chi connectivity index (χ2v) is 7.99. The summed E-state index contributed by atoms with van der Waals surface area (Å²) in [6.45, 7) is 5.09. The average Bonchev–Trinajstić information content (AvgIpc) is 2.67. The van der Waals surface area contributed by atoms with Crippen molar-refractivity contribution in [3.8, 4) is 0 Å². The van der Waals surface area contributed by atoms with Gasteiger partial charge in [-0.3, -0.25) is 24.2 Å². The van der Waals surface area contributed by atoms with Crippen LogP contribution < -0.4 is 33.2 Å². The van der Waals surface area contributed by atoms with Crippen LogP contribution in [0.15, 0.2) is 4.99 Å². The Morgan fingerprint density at radius 2 is 1.36 bits per heavy atom. The maximum absolute atomic E-state index is 12.8. The van der Waals surface area contributed by atoms with Gasteiger partial charge in [0.15, 0.2) is 5.96 Å². The van der Waals surface area contributed by atoms with E-state index in [0.717, 1.165) is 0 Å². The van der Waals surface area contributed by atoms with Crippen molar-refractivity contribution in [2.24, 2.45) is 28.1 Å². The summed E-state index contributed by atoms with van der Waals surface area (Å²) in [6.07, 6.45) is -0.283. The standard InChI is InChI=1S/C19H35N7O7/c1-9(2)7-12(16(30)24-11(18(32)33)5-4-6-23-19(21)22)26-17(31)13(8-14(27)28)25-15(29)10(3)20/h9-13H,4-8,20H2,1-3H3,(H,24,30)(H,25,29)(H,26,31)(H,27,28)(H,32,33)(H4,21,22,23). The summed E-state index contributed by atoms with van der Waals surface area (Å²) in [5.74, 6) is -5.27. The Morgan fingerprint density at radius 3 is 1.82 bits per heavy atom. The summed E-state index contributed by atoms with van der Waals surface area (Å²) >= 11 is 0. The molecule has 4 unspecified atom stereocenters. The van der Waals surface area contributed by atoms with Crippen molar-refractivity contribution in [3.63, 3.8) is 0 Å². The largest absolute Gasteiger partial charge is 0.481 e. The molecule has 0 aromatic rings. The number of aliphatic carboxylic acids is 2. The van der Waals surface area contributed by atoms with E-state index in [2.05, 4.69) is 20.9 Å². The lowest BCUT2D eigenvalue weighted by atomic mass is 10.0. The number of carboxylic acids is 2. The number of carbonyl (C=O) groups excluding carboxylic acids is 3. The lowest BCUT2D eigenvalue weighted by Gasteiger charge is -2.25. The average molecular weight is 474 g/mol. The van der Waals surface area contributed by atoms with Crippen molar-refractivity contribution >= 4 is 35.6 Å². The van der Waals surface area contributed by atoms with Crippen molar-refractivity contribution in [1.82, 2.24) is 16.0 Å². The Morgan fingerprint density at radius 1 is 0.848 bits per heavy atom. The summed E-state index contributed by atoms with van der Waals surface area (Å²) < 4.78 is 0. The van der Waals surface area contributed by atoms with E-state index < -0.39 is 60.2 Å². The smallest absolute Gasteiger partial charge is 0.326 e. The first-order chi connectivity index (χ1) is 15.2. The van der Waals surface area contributed by atoms with Crippen LogP contribution in [0.4, 0.5) is 0 Å². The van der Waals surface area contributed by atoms with Crippen LogP contribution in [0.1, 0.15) is 46.5 Å². The van der Waals surface area contributed by atoms with E-state index in [1.807, 2.05) is 0 Å². The van der Waals surface area contributed by atoms with E-state index in [1.165, 1.54) is 6.92 Å². The molecule has 33 heavy (non-hydrogen) atoms. The van der Waals surface area contributed by atoms with Crippen molar-refractivity contribution in [2.45, 2.75) is 70.6 Å². The van der Waals surface area contributed by atoms with Crippen molar-refractivity contribution in [3.05, 3.63) is 0 Å². The number of guanidine groups is 1. The van der Waals surface area contributed by atoms with Crippen LogP contribution >= 0.6 is 0 Å². The number of amides is 3. The highest BCUT2D eigenvalue weighted by Gasteiger charge is 2.31. The molecule has 0 aromatic heterocycles. The summed E-state index contributed by atoms with van der Waals surface area (Å²) in [4.78, 5) is 63.7. The van der Waals surface area contributed by atoms with Gasteiger partial charge in [-0.25, -0.2) is 4.79 Å². The molecule has 0 rings (SSSR count). The topological polar surface area (TPSA) is 252 Å². The normalized spacial score (nSPS) is 14.3. The fourth-order valence-corrected chi connectivity index (χ4v) is 2.70. The molecule has 0 aliphatic rings. The monoisotopic (exact) mass is 473 g/mol. The number of nitrogens with zero attached hydrogens (tertiary/aromatic N) is 1. The molecule has 4 atom stereocenters. The minimum Gasteiger partial charge on any atom is -0.481 e. The number of aliphatic imine (C=N–C) groups is 1. The van der Waals surface area contributed by atoms with Gasteiger partial charge in [0.05, 0.1) is 12.5 Å². The van der Waals surface area contributed by atoms with E-state index in [4.69, 9.17) is 22.3 Å². The first-order valence-electron chi connectivity index (χ1n) is 10.4. The molecule has 14 nitrogen and oxygen atoms in total. The van der Waals surface area contributed by atoms with Crippen LogP contribution in [0.5, 0.6) is 0 Å². The molecule has 0 aliphatic carbocycles. The minimum absolute atomic E-state index is 0.0340. The van der Waals surface area contributed by atoms with Gasteiger partial charge in [-0.05, 0) is 32.1 Å². The maximum atomic E-state index is 12.8. The first kappa shape index (κ1) is 29.6. The molecule has 0 aromatic carbocycles. The molecule has 0 fully saturated rings. The molecular formula is C19H35N7O7. The number of nitrogens with two attached hydrogens (primary N) is 3. The van der Waals surface area contributed by atoms with Gasteiger partial charge in [-0.1, -0.05) is 13.8 Å². The second-order valence-electron chi connectivity index (χ2n) is 7.99. The SMILES string of the molecule is CC(C)CC(NC(=O)C(CC(=O)O)NC(=O)C(C)N)C(=O)NC(CCCN=C(N)N)C(=O)O. The number of hydrogen-bond donors (Lipinski definition) is 8. The van der Waals surface area contributed by atoms with Gasteiger partial charge in [0.25, 0.3) is 0 Å². The number of carboxylic acid groups (broad SMARTS) is 2. The number of rotatable bonds is 15. The molecule has 11 N–H and O–H groups in total. The number of hydrogen-bond acceptors (Lipinski definition) is 7. The summed E-state index contributed by atoms with van der Waals surface area (Å²) in [6, 6.07) is -4.89. The van der Waals surface area contributed by atoms with Crippen LogP contribution in [0, 0.1) is 5.92 Å². The third kappa shape index (κ3) is 12.9. The van der Waals surface area contributed by atoms with Gasteiger partial charge in [-0.2, -0.15) is 0 Å². The Balaban J connectivity index is 5.39. The van der Waals surface area contributed by atoms with E-state index in [-0.39, 0.29) is 37.7 Å². The molecule has 0 saturated carbocycles. The minimum atomic E-state index is -1.47. The van der Waals surface area contributed by atoms with Crippen LogP contribution in [-0.4, -0.2) is 76.5 Å². The summed E-state index contributed by atoms with van der Waals surface area (Å²) in [7, 11) is 0. The molecule has 0 heterocycles. The van der Waals surface area contributed by atoms with Gasteiger partial charge in [0.1, 0.15) is 18.1 Å². The third-order valence-corrected chi connectivity index (χ3v) is 4.33. The van der Waals surface area contributed by atoms with Gasteiger partial charge >= 0.3 is 11.9 Å². The van der Waals surface area contributed by atoms with Crippen LogP contribution in [0.2, 0.25) is 0 Å². The van der Waals surface area contributed by atoms with Crippen molar-refractivity contribution in [1.29, 1.82) is 0 Å². The fraction of sp³-hybridized carbons (Fsp3) is 0.684. The van der Waals surface area contributed by atoms with Crippen LogP contribution in [0.3, 0.4) is 0 Å². The zero-order valence-electron chi connectivity index (χ0n) is 19.0. The van der Waals surface area contributed by atoms with Gasteiger partial charge < -0.3 is 43.4 Å². The summed E-state index contributed by atoms with van der Waals surface area (Å²) in [5, 5.41) is 25.5. The highest BCUT2D eigenvalue weighted by Crippen LogP contribution is 2.08. The van der Waals surface area contributed by atoms with E-state index in [1.54, 1.807) is 13.8 Å². The molecule has 0 aliphatic heterocycles. The van der Waals surface area contributed by atoms with Crippen LogP contribution in [0.25, 0.3) is 0 Å². The number of nitrogens with one attached hydrogen (secondary N) is 3. The molecule has 0 bridgehead atoms. The molecule has 0 radical (unpaired) electrons. The molecule has 0 saturated heterocycles. The van der Waals surface area contributed by atoms with Crippen LogP contribution in [-0.2, 0) is 24.0 Å². The highest BCUT2D eigenvalue weighted by molar-refractivity contribution is 5.95. The molecule has 188 valence electrons. The summed E-state index contributed by atoms with van der Waals surface area (Å²) in [5.41, 5.74) is 15.9. The lowest BCUT2D eigenvalue weighted by Crippen LogP contribution is -2.57. The molecule has 3 amide bonds. The van der Waals surface area contributed by atoms with Gasteiger partial charge in [0, 0.05) is 6.54 Å². The Kier molecular flexibility index (Phi) is 13.1. The Labute approximate surface area is 191 Å².